The average Bonchev–Trinajstić information content (AvgIpc) is 2.97. The fourth-order valence-electron chi connectivity index (χ4n) is 3.06. The van der Waals surface area contributed by atoms with E-state index in [2.05, 4.69) is 38.6 Å². The lowest BCUT2D eigenvalue weighted by Gasteiger charge is -2.32. The number of nitrogens with one attached hydrogen (secondary N) is 2. The van der Waals surface area contributed by atoms with E-state index in [1.165, 1.54) is 5.56 Å². The highest BCUT2D eigenvalue weighted by molar-refractivity contribution is 5.81. The van der Waals surface area contributed by atoms with E-state index in [0.29, 0.717) is 6.61 Å². The van der Waals surface area contributed by atoms with Crippen LogP contribution in [0.2, 0.25) is 0 Å². The van der Waals surface area contributed by atoms with Gasteiger partial charge in [0.1, 0.15) is 0 Å². The Hall–Kier alpha value is -2.08. The highest BCUT2D eigenvalue weighted by Crippen LogP contribution is 2.19. The fourth-order valence-corrected chi connectivity index (χ4v) is 3.06. The second-order valence-electron chi connectivity index (χ2n) is 5.69. The van der Waals surface area contributed by atoms with Gasteiger partial charge in [-0.05, 0) is 31.9 Å². The molecule has 1 aliphatic rings. The van der Waals surface area contributed by atoms with E-state index < -0.39 is 0 Å². The first-order valence-electron chi connectivity index (χ1n) is 7.83. The number of aromatic amines is 1. The lowest BCUT2D eigenvalue weighted by molar-refractivity contribution is 0.132. The van der Waals surface area contributed by atoms with Crippen LogP contribution in [-0.4, -0.2) is 46.9 Å². The van der Waals surface area contributed by atoms with Crippen LogP contribution in [0.1, 0.15) is 25.3 Å². The minimum absolute atomic E-state index is 0.161. The summed E-state index contributed by atoms with van der Waals surface area (Å²) in [6, 6.07) is 6.41. The molecule has 1 aromatic carbocycles. The molecule has 1 saturated heterocycles. The van der Waals surface area contributed by atoms with E-state index in [1.807, 2.05) is 13.1 Å². The van der Waals surface area contributed by atoms with Crippen molar-refractivity contribution >= 4 is 17.0 Å². The van der Waals surface area contributed by atoms with E-state index >= 15 is 0 Å². The Labute approximate surface area is 129 Å². The molecular formula is C16H22N4O2. The summed E-state index contributed by atoms with van der Waals surface area (Å²) in [5.74, 6) is 0. The first-order chi connectivity index (χ1) is 10.8. The smallest absolute Gasteiger partial charge is 0.407 e. The zero-order valence-electron chi connectivity index (χ0n) is 12.8. The quantitative estimate of drug-likeness (QED) is 0.909. The molecule has 22 heavy (non-hydrogen) atoms. The van der Waals surface area contributed by atoms with Crippen molar-refractivity contribution in [1.82, 2.24) is 20.4 Å². The Bertz CT molecular complexity index is 640. The summed E-state index contributed by atoms with van der Waals surface area (Å²) < 4.78 is 4.96. The number of hydrogen-bond donors (Lipinski definition) is 2. The van der Waals surface area contributed by atoms with Crippen molar-refractivity contribution < 1.29 is 9.53 Å². The van der Waals surface area contributed by atoms with Gasteiger partial charge in [0.15, 0.2) is 0 Å². The van der Waals surface area contributed by atoms with Crippen LogP contribution in [0.25, 0.3) is 10.9 Å². The summed E-state index contributed by atoms with van der Waals surface area (Å²) in [6.45, 7) is 4.98. The van der Waals surface area contributed by atoms with E-state index in [4.69, 9.17) is 4.74 Å². The summed E-state index contributed by atoms with van der Waals surface area (Å²) in [4.78, 5) is 13.9. The summed E-state index contributed by atoms with van der Waals surface area (Å²) >= 11 is 0. The predicted octanol–water partition coefficient (Wildman–Crippen LogP) is 2.27. The van der Waals surface area contributed by atoms with Gasteiger partial charge in [-0.3, -0.25) is 10.00 Å². The number of carbonyl (C=O) groups is 1. The Morgan fingerprint density at radius 3 is 3.32 bits per heavy atom. The zero-order chi connectivity index (χ0) is 15.4. The van der Waals surface area contributed by atoms with Gasteiger partial charge in [-0.25, -0.2) is 4.79 Å². The number of rotatable bonds is 4. The number of carbonyl (C=O) groups excluding carboxylic acids is 1. The molecule has 0 saturated carbocycles. The number of piperidine rings is 1. The second kappa shape index (κ2) is 6.79. The number of alkyl carbamates (subject to hydrolysis) is 1. The number of benzene rings is 1. The molecule has 1 atom stereocenters. The van der Waals surface area contributed by atoms with Gasteiger partial charge in [-0.15, -0.1) is 0 Å². The van der Waals surface area contributed by atoms with Crippen molar-refractivity contribution in [2.75, 3.05) is 19.7 Å². The number of hydrogen-bond acceptors (Lipinski definition) is 4. The number of fused-ring (bicyclic) bond motifs is 1. The lowest BCUT2D eigenvalue weighted by Crippen LogP contribution is -2.47. The minimum Gasteiger partial charge on any atom is -0.450 e. The largest absolute Gasteiger partial charge is 0.450 e. The molecule has 2 N–H and O–H groups in total. The number of aromatic nitrogens is 2. The molecule has 1 fully saturated rings. The molecule has 0 bridgehead atoms. The van der Waals surface area contributed by atoms with Gasteiger partial charge < -0.3 is 10.1 Å². The third kappa shape index (κ3) is 3.39. The van der Waals surface area contributed by atoms with Crippen molar-refractivity contribution in [3.63, 3.8) is 0 Å². The van der Waals surface area contributed by atoms with Crippen LogP contribution in [-0.2, 0) is 11.3 Å². The number of nitrogens with zero attached hydrogens (tertiary/aromatic N) is 2. The number of ether oxygens (including phenoxy) is 1. The monoisotopic (exact) mass is 302 g/mol. The molecule has 2 aromatic rings. The number of para-hydroxylation sites is 1. The van der Waals surface area contributed by atoms with Crippen LogP contribution in [0.15, 0.2) is 24.4 Å². The van der Waals surface area contributed by atoms with Crippen molar-refractivity contribution in [3.05, 3.63) is 30.0 Å². The molecule has 118 valence electrons. The Morgan fingerprint density at radius 1 is 1.55 bits per heavy atom. The third-order valence-corrected chi connectivity index (χ3v) is 4.06. The van der Waals surface area contributed by atoms with Crippen LogP contribution in [0, 0.1) is 0 Å². The molecular weight excluding hydrogens is 280 g/mol. The molecule has 1 aromatic heterocycles. The van der Waals surface area contributed by atoms with Crippen LogP contribution >= 0.6 is 0 Å². The van der Waals surface area contributed by atoms with E-state index in [-0.39, 0.29) is 12.1 Å². The average molecular weight is 302 g/mol. The SMILES string of the molecule is CCOC(=O)N[C@@H]1CCCN(Cc2cccc3cn[nH]c23)C1. The van der Waals surface area contributed by atoms with Gasteiger partial charge in [-0.2, -0.15) is 5.10 Å². The number of likely N-dealkylation sites (tertiary alicyclic amines) is 1. The number of H-pyrrole nitrogens is 1. The van der Waals surface area contributed by atoms with Crippen molar-refractivity contribution in [2.24, 2.45) is 0 Å². The van der Waals surface area contributed by atoms with Gasteiger partial charge >= 0.3 is 6.09 Å². The van der Waals surface area contributed by atoms with Gasteiger partial charge in [0, 0.05) is 24.5 Å². The zero-order valence-corrected chi connectivity index (χ0v) is 12.8. The maximum absolute atomic E-state index is 11.6. The van der Waals surface area contributed by atoms with Gasteiger partial charge in [0.25, 0.3) is 0 Å². The third-order valence-electron chi connectivity index (χ3n) is 4.06. The van der Waals surface area contributed by atoms with Crippen LogP contribution in [0.3, 0.4) is 0 Å². The molecule has 0 spiro atoms. The van der Waals surface area contributed by atoms with Crippen LogP contribution < -0.4 is 5.32 Å². The molecule has 0 aliphatic carbocycles. The molecule has 0 radical (unpaired) electrons. The molecule has 3 rings (SSSR count). The fraction of sp³-hybridized carbons (Fsp3) is 0.500. The summed E-state index contributed by atoms with van der Waals surface area (Å²) in [5, 5.41) is 11.3. The van der Waals surface area contributed by atoms with Crippen LogP contribution in [0.4, 0.5) is 4.79 Å². The summed E-state index contributed by atoms with van der Waals surface area (Å²) in [7, 11) is 0. The highest BCUT2D eigenvalue weighted by atomic mass is 16.5. The maximum Gasteiger partial charge on any atom is 0.407 e. The van der Waals surface area contributed by atoms with Crippen molar-refractivity contribution in [1.29, 1.82) is 0 Å². The normalized spacial score (nSPS) is 19.2. The van der Waals surface area contributed by atoms with E-state index in [1.54, 1.807) is 0 Å². The molecule has 2 heterocycles. The maximum atomic E-state index is 11.6. The van der Waals surface area contributed by atoms with Gasteiger partial charge in [0.05, 0.1) is 18.3 Å². The molecule has 6 nitrogen and oxygen atoms in total. The van der Waals surface area contributed by atoms with Crippen molar-refractivity contribution in [3.8, 4) is 0 Å². The van der Waals surface area contributed by atoms with E-state index in [9.17, 15) is 4.79 Å². The molecule has 6 heteroatoms. The number of amides is 1. The summed E-state index contributed by atoms with van der Waals surface area (Å²) in [6.07, 6.45) is 3.62. The minimum atomic E-state index is -0.315. The van der Waals surface area contributed by atoms with Crippen molar-refractivity contribution in [2.45, 2.75) is 32.4 Å². The lowest BCUT2D eigenvalue weighted by atomic mass is 10.0. The first kappa shape index (κ1) is 14.8. The Kier molecular flexibility index (Phi) is 4.58. The molecule has 1 aliphatic heterocycles. The standard InChI is InChI=1S/C16H22N4O2/c1-2-22-16(21)18-14-7-4-8-20(11-14)10-13-6-3-5-12-9-17-19-15(12)13/h3,5-6,9,14H,2,4,7-8,10-11H2,1H3,(H,17,19)(H,18,21)/t14-/m1/s1. The first-order valence-corrected chi connectivity index (χ1v) is 7.83. The predicted molar refractivity (Wildman–Crippen MR) is 84.6 cm³/mol. The van der Waals surface area contributed by atoms with Crippen LogP contribution in [0.5, 0.6) is 0 Å². The van der Waals surface area contributed by atoms with E-state index in [0.717, 1.165) is 43.4 Å². The topological polar surface area (TPSA) is 70.2 Å². The Morgan fingerprint density at radius 2 is 2.45 bits per heavy atom. The van der Waals surface area contributed by atoms with Gasteiger partial charge in [-0.1, -0.05) is 18.2 Å². The Balaban J connectivity index is 1.63. The highest BCUT2D eigenvalue weighted by Gasteiger charge is 2.22. The summed E-state index contributed by atoms with van der Waals surface area (Å²) in [5.41, 5.74) is 2.34. The van der Waals surface area contributed by atoms with Gasteiger partial charge in [0.2, 0.25) is 0 Å². The molecule has 0 unspecified atom stereocenters. The molecule has 1 amide bonds. The second-order valence-corrected chi connectivity index (χ2v) is 5.69.